The Morgan fingerprint density at radius 2 is 2.58 bits per heavy atom. The minimum atomic E-state index is 0.249. The van der Waals surface area contributed by atoms with E-state index in [1.54, 1.807) is 11.3 Å². The fourth-order valence-corrected chi connectivity index (χ4v) is 2.49. The molecule has 1 aromatic heterocycles. The van der Waals surface area contributed by atoms with Crippen LogP contribution in [-0.4, -0.2) is 16.4 Å². The molecule has 2 atom stereocenters. The topological polar surface area (TPSA) is 22.1 Å². The second-order valence-corrected chi connectivity index (χ2v) is 4.26. The number of alkyl halides is 1. The molecular formula is C8H10BrNOS. The van der Waals surface area contributed by atoms with Gasteiger partial charge in [0.25, 0.3) is 0 Å². The van der Waals surface area contributed by atoms with Crippen molar-refractivity contribution in [1.82, 2.24) is 4.98 Å². The molecule has 0 radical (unpaired) electrons. The maximum Gasteiger partial charge on any atom is 0.101 e. The molecule has 2 unspecified atom stereocenters. The van der Waals surface area contributed by atoms with E-state index in [1.807, 2.05) is 5.51 Å². The molecule has 2 rings (SSSR count). The number of hydrogen-bond donors (Lipinski definition) is 0. The van der Waals surface area contributed by atoms with Crippen LogP contribution in [-0.2, 0) is 4.74 Å². The molecule has 0 saturated carbocycles. The van der Waals surface area contributed by atoms with Crippen molar-refractivity contribution < 1.29 is 4.74 Å². The highest BCUT2D eigenvalue weighted by Crippen LogP contribution is 2.32. The van der Waals surface area contributed by atoms with Gasteiger partial charge in [0.1, 0.15) is 6.10 Å². The van der Waals surface area contributed by atoms with E-state index in [0.29, 0.717) is 6.10 Å². The Bertz CT molecular complexity index is 239. The average Bonchev–Trinajstić information content (AvgIpc) is 2.75. The average molecular weight is 248 g/mol. The molecule has 12 heavy (non-hydrogen) atoms. The Morgan fingerprint density at radius 3 is 3.17 bits per heavy atom. The predicted octanol–water partition coefficient (Wildman–Crippen LogP) is 2.76. The van der Waals surface area contributed by atoms with Gasteiger partial charge in [-0.25, -0.2) is 4.98 Å². The van der Waals surface area contributed by atoms with E-state index >= 15 is 0 Å². The summed E-state index contributed by atoms with van der Waals surface area (Å²) in [7, 11) is 0. The lowest BCUT2D eigenvalue weighted by Crippen LogP contribution is -2.07. The van der Waals surface area contributed by atoms with Crippen LogP contribution in [0.2, 0.25) is 0 Å². The first kappa shape index (κ1) is 8.66. The van der Waals surface area contributed by atoms with Gasteiger partial charge in [-0.15, -0.1) is 11.3 Å². The Balaban J connectivity index is 2.00. The van der Waals surface area contributed by atoms with E-state index in [2.05, 4.69) is 26.3 Å². The molecule has 0 spiro atoms. The molecule has 1 aliphatic heterocycles. The van der Waals surface area contributed by atoms with Crippen LogP contribution in [0.1, 0.15) is 24.6 Å². The van der Waals surface area contributed by atoms with Gasteiger partial charge in [0, 0.05) is 10.7 Å². The van der Waals surface area contributed by atoms with Crippen molar-refractivity contribution in [2.45, 2.75) is 25.0 Å². The fourth-order valence-electron chi connectivity index (χ4n) is 1.42. The van der Waals surface area contributed by atoms with Crippen LogP contribution in [0.3, 0.4) is 0 Å². The SMILES string of the molecule is BrCC1CCC(c2cscn2)O1. The van der Waals surface area contributed by atoms with Gasteiger partial charge in [-0.05, 0) is 12.8 Å². The zero-order valence-electron chi connectivity index (χ0n) is 6.57. The highest BCUT2D eigenvalue weighted by atomic mass is 79.9. The molecule has 0 bridgehead atoms. The quantitative estimate of drug-likeness (QED) is 0.751. The second kappa shape index (κ2) is 3.85. The molecule has 4 heteroatoms. The highest BCUT2D eigenvalue weighted by Gasteiger charge is 2.26. The summed E-state index contributed by atoms with van der Waals surface area (Å²) in [5.74, 6) is 0. The maximum absolute atomic E-state index is 5.75. The zero-order valence-corrected chi connectivity index (χ0v) is 8.97. The second-order valence-electron chi connectivity index (χ2n) is 2.89. The summed E-state index contributed by atoms with van der Waals surface area (Å²) in [6, 6.07) is 0. The van der Waals surface area contributed by atoms with E-state index in [1.165, 1.54) is 0 Å². The van der Waals surface area contributed by atoms with Gasteiger partial charge < -0.3 is 4.74 Å². The maximum atomic E-state index is 5.75. The Morgan fingerprint density at radius 1 is 1.67 bits per heavy atom. The summed E-state index contributed by atoms with van der Waals surface area (Å²) in [4.78, 5) is 4.25. The third-order valence-electron chi connectivity index (χ3n) is 2.06. The van der Waals surface area contributed by atoms with Gasteiger partial charge in [-0.1, -0.05) is 15.9 Å². The first-order valence-corrected chi connectivity index (χ1v) is 6.06. The summed E-state index contributed by atoms with van der Waals surface area (Å²) in [5, 5.41) is 3.01. The molecule has 0 N–H and O–H groups in total. The molecule has 1 aromatic rings. The van der Waals surface area contributed by atoms with E-state index in [-0.39, 0.29) is 6.10 Å². The van der Waals surface area contributed by atoms with Gasteiger partial charge in [0.2, 0.25) is 0 Å². The monoisotopic (exact) mass is 247 g/mol. The first-order chi connectivity index (χ1) is 5.90. The Labute approximate surface area is 84.1 Å². The summed E-state index contributed by atoms with van der Waals surface area (Å²) >= 11 is 5.06. The van der Waals surface area contributed by atoms with Crippen molar-refractivity contribution in [3.63, 3.8) is 0 Å². The van der Waals surface area contributed by atoms with Crippen molar-refractivity contribution in [1.29, 1.82) is 0 Å². The van der Waals surface area contributed by atoms with Gasteiger partial charge in [-0.3, -0.25) is 0 Å². The minimum absolute atomic E-state index is 0.249. The molecule has 0 amide bonds. The standard InChI is InChI=1S/C8H10BrNOS/c9-3-6-1-2-8(11-6)7-4-12-5-10-7/h4-6,8H,1-3H2. The van der Waals surface area contributed by atoms with Gasteiger partial charge in [0.15, 0.2) is 0 Å². The van der Waals surface area contributed by atoms with Crippen molar-refractivity contribution >= 4 is 27.3 Å². The van der Waals surface area contributed by atoms with Crippen molar-refractivity contribution in [2.24, 2.45) is 0 Å². The van der Waals surface area contributed by atoms with Crippen LogP contribution >= 0.6 is 27.3 Å². The largest absolute Gasteiger partial charge is 0.368 e. The lowest BCUT2D eigenvalue weighted by atomic mass is 10.2. The van der Waals surface area contributed by atoms with Crippen LogP contribution in [0.5, 0.6) is 0 Å². The van der Waals surface area contributed by atoms with Crippen molar-refractivity contribution in [3.8, 4) is 0 Å². The Hall–Kier alpha value is 0.0700. The number of thiazole rings is 1. The molecule has 0 aliphatic carbocycles. The summed E-state index contributed by atoms with van der Waals surface area (Å²) in [6.45, 7) is 0. The molecule has 1 saturated heterocycles. The third kappa shape index (κ3) is 1.70. The highest BCUT2D eigenvalue weighted by molar-refractivity contribution is 9.09. The number of aromatic nitrogens is 1. The third-order valence-corrected chi connectivity index (χ3v) is 3.39. The molecule has 2 nitrogen and oxygen atoms in total. The molecule has 2 heterocycles. The molecule has 66 valence electrons. The van der Waals surface area contributed by atoms with Crippen LogP contribution in [0.25, 0.3) is 0 Å². The summed E-state index contributed by atoms with van der Waals surface area (Å²) < 4.78 is 5.75. The molecule has 1 fully saturated rings. The minimum Gasteiger partial charge on any atom is -0.368 e. The van der Waals surface area contributed by atoms with Gasteiger partial charge in [0.05, 0.1) is 17.3 Å². The van der Waals surface area contributed by atoms with E-state index < -0.39 is 0 Å². The number of nitrogens with zero attached hydrogens (tertiary/aromatic N) is 1. The summed E-state index contributed by atoms with van der Waals surface area (Å²) in [6.07, 6.45) is 2.89. The van der Waals surface area contributed by atoms with Crippen LogP contribution < -0.4 is 0 Å². The smallest absolute Gasteiger partial charge is 0.101 e. The number of hydrogen-bond acceptors (Lipinski definition) is 3. The lowest BCUT2D eigenvalue weighted by Gasteiger charge is -2.08. The molecule has 1 aliphatic rings. The number of rotatable bonds is 2. The Kier molecular flexibility index (Phi) is 2.78. The number of ether oxygens (including phenoxy) is 1. The van der Waals surface area contributed by atoms with Crippen molar-refractivity contribution in [2.75, 3.05) is 5.33 Å². The normalized spacial score (nSPS) is 29.4. The van der Waals surface area contributed by atoms with E-state index in [4.69, 9.17) is 4.74 Å². The van der Waals surface area contributed by atoms with Crippen LogP contribution in [0.4, 0.5) is 0 Å². The van der Waals surface area contributed by atoms with Gasteiger partial charge in [-0.2, -0.15) is 0 Å². The first-order valence-electron chi connectivity index (χ1n) is 3.99. The summed E-state index contributed by atoms with van der Waals surface area (Å²) in [5.41, 5.74) is 2.96. The fraction of sp³-hybridized carbons (Fsp3) is 0.625. The van der Waals surface area contributed by atoms with Crippen LogP contribution in [0, 0.1) is 0 Å². The van der Waals surface area contributed by atoms with Gasteiger partial charge >= 0.3 is 0 Å². The van der Waals surface area contributed by atoms with Crippen LogP contribution in [0.15, 0.2) is 10.9 Å². The van der Waals surface area contributed by atoms with Crippen molar-refractivity contribution in [3.05, 3.63) is 16.6 Å². The molecular weight excluding hydrogens is 238 g/mol. The zero-order chi connectivity index (χ0) is 8.39. The van der Waals surface area contributed by atoms with E-state index in [0.717, 1.165) is 23.9 Å². The molecule has 0 aromatic carbocycles. The predicted molar refractivity (Wildman–Crippen MR) is 52.8 cm³/mol. The number of halogens is 1. The van der Waals surface area contributed by atoms with E-state index in [9.17, 15) is 0 Å². The lowest BCUT2D eigenvalue weighted by molar-refractivity contribution is 0.0566.